The molecule has 0 bridgehead atoms. The average Bonchev–Trinajstić information content (AvgIpc) is 2.73. The van der Waals surface area contributed by atoms with Crippen LogP contribution in [0.15, 0.2) is 60.7 Å². The van der Waals surface area contributed by atoms with Gasteiger partial charge in [-0.1, -0.05) is 42.5 Å². The first kappa shape index (κ1) is 19.8. The van der Waals surface area contributed by atoms with Gasteiger partial charge in [0, 0.05) is 13.1 Å². The molecule has 1 N–H and O–H groups in total. The largest absolute Gasteiger partial charge is 0.493 e. The van der Waals surface area contributed by atoms with Crippen LogP contribution in [0.2, 0.25) is 0 Å². The summed E-state index contributed by atoms with van der Waals surface area (Å²) in [7, 11) is 4.87. The van der Waals surface area contributed by atoms with E-state index in [0.29, 0.717) is 23.8 Å². The highest BCUT2D eigenvalue weighted by Crippen LogP contribution is 2.38. The molecule has 0 spiro atoms. The van der Waals surface area contributed by atoms with Crippen LogP contribution in [0.1, 0.15) is 16.7 Å². The number of nitrogens with one attached hydrogen (secondary N) is 1. The molecule has 3 rings (SSSR count). The van der Waals surface area contributed by atoms with E-state index in [9.17, 15) is 0 Å². The van der Waals surface area contributed by atoms with Gasteiger partial charge in [0.1, 0.15) is 0 Å². The molecule has 0 aliphatic heterocycles. The summed E-state index contributed by atoms with van der Waals surface area (Å²) in [5.74, 6) is 1.94. The Morgan fingerprint density at radius 3 is 2.04 bits per heavy atom. The average molecular weight is 377 g/mol. The molecular formula is C24H27NO3. The molecule has 0 amide bonds. The lowest BCUT2D eigenvalue weighted by molar-refractivity contribution is 0.323. The molecule has 4 nitrogen and oxygen atoms in total. The van der Waals surface area contributed by atoms with Gasteiger partial charge in [-0.05, 0) is 52.9 Å². The molecule has 0 unspecified atom stereocenters. The van der Waals surface area contributed by atoms with Gasteiger partial charge in [-0.2, -0.15) is 0 Å². The Morgan fingerprint density at radius 2 is 1.39 bits per heavy atom. The van der Waals surface area contributed by atoms with E-state index in [1.165, 1.54) is 22.3 Å². The van der Waals surface area contributed by atoms with E-state index < -0.39 is 0 Å². The summed E-state index contributed by atoms with van der Waals surface area (Å²) in [5.41, 5.74) is 6.11. The molecule has 0 aliphatic rings. The van der Waals surface area contributed by atoms with E-state index in [1.807, 2.05) is 12.1 Å². The number of ether oxygens (including phenoxy) is 3. The van der Waals surface area contributed by atoms with Crippen molar-refractivity contribution in [3.63, 3.8) is 0 Å². The van der Waals surface area contributed by atoms with Crippen molar-refractivity contribution in [3.8, 4) is 28.4 Å². The summed E-state index contributed by atoms with van der Waals surface area (Å²) in [6.45, 7) is 3.62. The quantitative estimate of drug-likeness (QED) is 0.601. The summed E-state index contributed by atoms with van der Waals surface area (Å²) < 4.78 is 16.2. The van der Waals surface area contributed by atoms with Gasteiger partial charge in [0.15, 0.2) is 11.5 Å². The molecular weight excluding hydrogens is 350 g/mol. The van der Waals surface area contributed by atoms with Crippen LogP contribution in [-0.2, 0) is 13.1 Å². The third-order valence-electron chi connectivity index (χ3n) is 4.77. The molecule has 0 aliphatic carbocycles. The van der Waals surface area contributed by atoms with E-state index >= 15 is 0 Å². The molecule has 28 heavy (non-hydrogen) atoms. The Kier molecular flexibility index (Phi) is 6.56. The van der Waals surface area contributed by atoms with Gasteiger partial charge >= 0.3 is 0 Å². The van der Waals surface area contributed by atoms with Crippen molar-refractivity contribution in [1.82, 2.24) is 5.32 Å². The van der Waals surface area contributed by atoms with Crippen LogP contribution < -0.4 is 19.5 Å². The molecule has 0 saturated heterocycles. The fourth-order valence-electron chi connectivity index (χ4n) is 3.33. The molecule has 146 valence electrons. The van der Waals surface area contributed by atoms with Crippen LogP contribution in [0.25, 0.3) is 11.1 Å². The van der Waals surface area contributed by atoms with E-state index in [4.69, 9.17) is 14.2 Å². The normalized spacial score (nSPS) is 10.6. The maximum atomic E-state index is 5.43. The number of rotatable bonds is 8. The SMILES string of the molecule is COc1cc(CNCc2cccc(-c3ccccc3C)c2)cc(OC)c1OC. The zero-order valence-electron chi connectivity index (χ0n) is 16.9. The van der Waals surface area contributed by atoms with Crippen LogP contribution in [0.5, 0.6) is 17.2 Å². The molecule has 0 radical (unpaired) electrons. The molecule has 0 atom stereocenters. The van der Waals surface area contributed by atoms with E-state index in [2.05, 4.69) is 60.8 Å². The second kappa shape index (κ2) is 9.29. The van der Waals surface area contributed by atoms with Crippen LogP contribution in [0.4, 0.5) is 0 Å². The zero-order valence-corrected chi connectivity index (χ0v) is 16.9. The Labute approximate surface area is 167 Å². The Morgan fingerprint density at radius 1 is 0.714 bits per heavy atom. The maximum absolute atomic E-state index is 5.43. The van der Waals surface area contributed by atoms with Crippen molar-refractivity contribution in [2.75, 3.05) is 21.3 Å². The Bertz CT molecular complexity index is 912. The molecule has 0 aromatic heterocycles. The fraction of sp³-hybridized carbons (Fsp3) is 0.250. The first-order chi connectivity index (χ1) is 13.7. The highest BCUT2D eigenvalue weighted by Gasteiger charge is 2.13. The minimum atomic E-state index is 0.611. The first-order valence-corrected chi connectivity index (χ1v) is 9.30. The minimum absolute atomic E-state index is 0.611. The summed E-state index contributed by atoms with van der Waals surface area (Å²) in [5, 5.41) is 3.50. The number of hydrogen-bond donors (Lipinski definition) is 1. The van der Waals surface area contributed by atoms with Crippen molar-refractivity contribution in [2.45, 2.75) is 20.0 Å². The fourth-order valence-corrected chi connectivity index (χ4v) is 3.33. The predicted molar refractivity (Wildman–Crippen MR) is 113 cm³/mol. The maximum Gasteiger partial charge on any atom is 0.203 e. The van der Waals surface area contributed by atoms with Crippen LogP contribution in [-0.4, -0.2) is 21.3 Å². The molecule has 0 heterocycles. The second-order valence-electron chi connectivity index (χ2n) is 6.65. The van der Waals surface area contributed by atoms with Crippen molar-refractivity contribution < 1.29 is 14.2 Å². The van der Waals surface area contributed by atoms with Gasteiger partial charge < -0.3 is 19.5 Å². The molecule has 3 aromatic carbocycles. The minimum Gasteiger partial charge on any atom is -0.493 e. The van der Waals surface area contributed by atoms with E-state index in [-0.39, 0.29) is 0 Å². The summed E-state index contributed by atoms with van der Waals surface area (Å²) in [6.07, 6.45) is 0. The molecule has 0 fully saturated rings. The van der Waals surface area contributed by atoms with Crippen LogP contribution in [0.3, 0.4) is 0 Å². The third kappa shape index (κ3) is 4.46. The van der Waals surface area contributed by atoms with Crippen molar-refractivity contribution in [2.24, 2.45) is 0 Å². The van der Waals surface area contributed by atoms with Gasteiger partial charge in [0.25, 0.3) is 0 Å². The lowest BCUT2D eigenvalue weighted by Gasteiger charge is -2.14. The number of aryl methyl sites for hydroxylation is 1. The summed E-state index contributed by atoms with van der Waals surface area (Å²) in [4.78, 5) is 0. The van der Waals surface area contributed by atoms with Gasteiger partial charge in [-0.3, -0.25) is 0 Å². The molecule has 0 saturated carbocycles. The molecule has 4 heteroatoms. The van der Waals surface area contributed by atoms with Gasteiger partial charge in [-0.15, -0.1) is 0 Å². The topological polar surface area (TPSA) is 39.7 Å². The van der Waals surface area contributed by atoms with Crippen LogP contribution >= 0.6 is 0 Å². The van der Waals surface area contributed by atoms with Crippen molar-refractivity contribution in [3.05, 3.63) is 77.4 Å². The Balaban J connectivity index is 1.71. The van der Waals surface area contributed by atoms with Gasteiger partial charge in [-0.25, -0.2) is 0 Å². The van der Waals surface area contributed by atoms with Crippen LogP contribution in [0, 0.1) is 6.92 Å². The summed E-state index contributed by atoms with van der Waals surface area (Å²) in [6, 6.07) is 21.1. The standard InChI is InChI=1S/C24H27NO3/c1-17-8-5-6-11-21(17)20-10-7-9-18(12-20)15-25-16-19-13-22(26-2)24(28-4)23(14-19)27-3/h5-14,25H,15-16H2,1-4H3. The highest BCUT2D eigenvalue weighted by atomic mass is 16.5. The smallest absolute Gasteiger partial charge is 0.203 e. The predicted octanol–water partition coefficient (Wildman–Crippen LogP) is 4.98. The monoisotopic (exact) mass is 377 g/mol. The van der Waals surface area contributed by atoms with Gasteiger partial charge in [0.05, 0.1) is 21.3 Å². The van der Waals surface area contributed by atoms with Gasteiger partial charge in [0.2, 0.25) is 5.75 Å². The van der Waals surface area contributed by atoms with E-state index in [0.717, 1.165) is 12.1 Å². The molecule has 3 aromatic rings. The summed E-state index contributed by atoms with van der Waals surface area (Å²) >= 11 is 0. The lowest BCUT2D eigenvalue weighted by atomic mass is 9.99. The zero-order chi connectivity index (χ0) is 19.9. The van der Waals surface area contributed by atoms with Crippen molar-refractivity contribution >= 4 is 0 Å². The highest BCUT2D eigenvalue weighted by molar-refractivity contribution is 5.67. The number of methoxy groups -OCH3 is 3. The Hall–Kier alpha value is -2.98. The number of benzene rings is 3. The number of hydrogen-bond acceptors (Lipinski definition) is 4. The second-order valence-corrected chi connectivity index (χ2v) is 6.65. The van der Waals surface area contributed by atoms with Crippen molar-refractivity contribution in [1.29, 1.82) is 0 Å². The van der Waals surface area contributed by atoms with E-state index in [1.54, 1.807) is 21.3 Å². The third-order valence-corrected chi connectivity index (χ3v) is 4.77. The lowest BCUT2D eigenvalue weighted by Crippen LogP contribution is -2.13. The first-order valence-electron chi connectivity index (χ1n) is 9.30.